The summed E-state index contributed by atoms with van der Waals surface area (Å²) >= 11 is 0.913. The molecule has 1 N–H and O–H groups in total. The summed E-state index contributed by atoms with van der Waals surface area (Å²) in [6, 6.07) is 2.09. The van der Waals surface area contributed by atoms with Gasteiger partial charge in [0, 0.05) is 18.7 Å². The molecule has 170 valence electrons. The number of nitro benzene ring substituents is 1. The highest BCUT2D eigenvalue weighted by Crippen LogP contribution is 2.33. The Labute approximate surface area is 187 Å². The van der Waals surface area contributed by atoms with Crippen molar-refractivity contribution >= 4 is 42.1 Å². The Morgan fingerprint density at radius 1 is 1.25 bits per heavy atom. The molecule has 32 heavy (non-hydrogen) atoms. The third-order valence-electron chi connectivity index (χ3n) is 5.51. The van der Waals surface area contributed by atoms with E-state index in [-0.39, 0.29) is 26.7 Å². The molecule has 0 saturated heterocycles. The average Bonchev–Trinajstić information content (AvgIpc) is 3.19. The fourth-order valence-electron chi connectivity index (χ4n) is 3.88. The topological polar surface area (TPSA) is 145 Å². The molecule has 10 nitrogen and oxygen atoms in total. The zero-order valence-electron chi connectivity index (χ0n) is 17.4. The lowest BCUT2D eigenvalue weighted by atomic mass is 9.87. The van der Waals surface area contributed by atoms with Crippen molar-refractivity contribution in [2.24, 2.45) is 5.92 Å². The van der Waals surface area contributed by atoms with Crippen molar-refractivity contribution in [3.8, 4) is 0 Å². The summed E-state index contributed by atoms with van der Waals surface area (Å²) < 4.78 is 29.3. The maximum absolute atomic E-state index is 12.5. The van der Waals surface area contributed by atoms with E-state index < -0.39 is 26.0 Å². The van der Waals surface area contributed by atoms with Gasteiger partial charge in [0.2, 0.25) is 0 Å². The van der Waals surface area contributed by atoms with Crippen molar-refractivity contribution in [3.05, 3.63) is 50.4 Å². The summed E-state index contributed by atoms with van der Waals surface area (Å²) in [7, 11) is -3.73. The summed E-state index contributed by atoms with van der Waals surface area (Å²) in [4.78, 5) is 31.4. The van der Waals surface area contributed by atoms with Crippen molar-refractivity contribution < 1.29 is 17.8 Å². The second-order valence-electron chi connectivity index (χ2n) is 7.97. The van der Waals surface area contributed by atoms with Crippen LogP contribution in [0.4, 0.5) is 10.8 Å². The molecule has 0 spiro atoms. The molecule has 0 bridgehead atoms. The Balaban J connectivity index is 1.56. The summed E-state index contributed by atoms with van der Waals surface area (Å²) in [5.41, 5.74) is -0.557. The van der Waals surface area contributed by atoms with Crippen LogP contribution in [0.15, 0.2) is 32.5 Å². The predicted octanol–water partition coefficient (Wildman–Crippen LogP) is 3.69. The van der Waals surface area contributed by atoms with E-state index in [4.69, 9.17) is 4.42 Å². The Hall–Kier alpha value is -2.86. The van der Waals surface area contributed by atoms with E-state index in [1.807, 2.05) is 0 Å². The van der Waals surface area contributed by atoms with Gasteiger partial charge in [-0.1, -0.05) is 30.6 Å². The van der Waals surface area contributed by atoms with Crippen LogP contribution < -0.4 is 10.9 Å². The first kappa shape index (κ1) is 22.3. The van der Waals surface area contributed by atoms with Crippen molar-refractivity contribution in [1.29, 1.82) is 0 Å². The van der Waals surface area contributed by atoms with Gasteiger partial charge in [-0.25, -0.2) is 13.4 Å². The maximum atomic E-state index is 12.5. The van der Waals surface area contributed by atoms with Crippen LogP contribution in [0.25, 0.3) is 10.1 Å². The number of aromatic nitrogens is 2. The second-order valence-corrected chi connectivity index (χ2v) is 11.0. The quantitative estimate of drug-likeness (QED) is 0.397. The fraction of sp³-hybridized carbons (Fsp3) is 0.450. The largest absolute Gasteiger partial charge is 0.449 e. The lowest BCUT2D eigenvalue weighted by Gasteiger charge is -2.19. The number of nitro groups is 1. The van der Waals surface area contributed by atoms with Gasteiger partial charge in [-0.2, -0.15) is 4.98 Å². The van der Waals surface area contributed by atoms with Crippen LogP contribution in [0.5, 0.6) is 0 Å². The third-order valence-corrected chi connectivity index (χ3v) is 7.66. The smallest absolute Gasteiger partial charge is 0.288 e. The Morgan fingerprint density at radius 3 is 2.69 bits per heavy atom. The molecule has 0 radical (unpaired) electrons. The molecule has 2 heterocycles. The fourth-order valence-corrected chi connectivity index (χ4v) is 5.50. The zero-order chi connectivity index (χ0) is 22.9. The van der Waals surface area contributed by atoms with Crippen LogP contribution in [-0.4, -0.2) is 29.6 Å². The molecule has 1 fully saturated rings. The molecule has 0 aliphatic heterocycles. The Bertz CT molecular complexity index is 1330. The summed E-state index contributed by atoms with van der Waals surface area (Å²) in [6.45, 7) is 0.234. The first-order chi connectivity index (χ1) is 15.2. The highest BCUT2D eigenvalue weighted by molar-refractivity contribution is 7.90. The van der Waals surface area contributed by atoms with Crippen LogP contribution in [-0.2, 0) is 22.8 Å². The number of nitrogens with one attached hydrogen (secondary N) is 1. The molecule has 0 unspecified atom stereocenters. The second kappa shape index (κ2) is 8.94. The zero-order valence-corrected chi connectivity index (χ0v) is 19.0. The summed E-state index contributed by atoms with van der Waals surface area (Å²) in [5.74, 6) is 1.27. The Morgan fingerprint density at radius 2 is 2.00 bits per heavy atom. The van der Waals surface area contributed by atoms with E-state index in [1.54, 1.807) is 6.26 Å². The van der Waals surface area contributed by atoms with E-state index in [9.17, 15) is 23.3 Å². The monoisotopic (exact) mass is 478 g/mol. The Kier molecular flexibility index (Phi) is 6.24. The number of anilines is 1. The van der Waals surface area contributed by atoms with Gasteiger partial charge in [-0.3, -0.25) is 14.9 Å². The van der Waals surface area contributed by atoms with Crippen molar-refractivity contribution in [2.75, 3.05) is 11.6 Å². The lowest BCUT2D eigenvalue weighted by molar-refractivity contribution is -0.383. The average molecular weight is 479 g/mol. The molecule has 1 aliphatic rings. The summed E-state index contributed by atoms with van der Waals surface area (Å²) in [6.07, 6.45) is 9.41. The molecule has 1 saturated carbocycles. The van der Waals surface area contributed by atoms with Gasteiger partial charge in [0.05, 0.1) is 27.4 Å². The minimum Gasteiger partial charge on any atom is -0.449 e. The van der Waals surface area contributed by atoms with Crippen molar-refractivity contribution in [3.63, 3.8) is 0 Å². The standard InChI is InChI=1S/C20H22N4O6S2/c1-32(28,29)14-8-15-18(16(9-14)24(26)27)31-20(23-19(15)25)21-10-13-11-30-17(22-13)7-12-5-3-2-4-6-12/h8-9,11-12H,2-7,10H2,1H3,(H,21,23,25). The number of oxazole rings is 1. The van der Waals surface area contributed by atoms with Crippen LogP contribution in [0.3, 0.4) is 0 Å². The number of nitrogens with zero attached hydrogens (tertiary/aromatic N) is 3. The normalized spacial score (nSPS) is 15.2. The molecule has 3 aromatic rings. The molecular weight excluding hydrogens is 456 g/mol. The van der Waals surface area contributed by atoms with Crippen LogP contribution in [0, 0.1) is 16.0 Å². The first-order valence-electron chi connectivity index (χ1n) is 10.2. The maximum Gasteiger partial charge on any atom is 0.288 e. The minimum atomic E-state index is -3.73. The van der Waals surface area contributed by atoms with Gasteiger partial charge in [0.25, 0.3) is 11.2 Å². The molecule has 1 aliphatic carbocycles. The minimum absolute atomic E-state index is 0.0584. The van der Waals surface area contributed by atoms with Gasteiger partial charge >= 0.3 is 0 Å². The first-order valence-corrected chi connectivity index (χ1v) is 12.9. The summed E-state index contributed by atoms with van der Waals surface area (Å²) in [5, 5.41) is 14.6. The molecule has 12 heteroatoms. The number of non-ortho nitro benzene ring substituents is 1. The SMILES string of the molecule is CS(=O)(=O)c1cc([N+](=O)[O-])c2sc(NCc3coc(CC4CCCCC4)n3)nc(=O)c2c1. The number of fused-ring (bicyclic) bond motifs is 1. The van der Waals surface area contributed by atoms with Gasteiger partial charge < -0.3 is 9.73 Å². The number of hydrogen-bond donors (Lipinski definition) is 1. The highest BCUT2D eigenvalue weighted by atomic mass is 32.2. The number of benzene rings is 1. The molecule has 4 rings (SSSR count). The molecule has 1 aromatic carbocycles. The number of sulfone groups is 1. The van der Waals surface area contributed by atoms with Crippen LogP contribution in [0.1, 0.15) is 43.7 Å². The van der Waals surface area contributed by atoms with Crippen LogP contribution >= 0.6 is 11.3 Å². The molecule has 0 atom stereocenters. The molecule has 0 amide bonds. The van der Waals surface area contributed by atoms with Crippen LogP contribution in [0.2, 0.25) is 0 Å². The van der Waals surface area contributed by atoms with Gasteiger partial charge in [-0.05, 0) is 24.8 Å². The van der Waals surface area contributed by atoms with Crippen molar-refractivity contribution in [2.45, 2.75) is 50.0 Å². The van der Waals surface area contributed by atoms with Gasteiger partial charge in [0.1, 0.15) is 11.0 Å². The van der Waals surface area contributed by atoms with E-state index in [0.29, 0.717) is 17.5 Å². The van der Waals surface area contributed by atoms with E-state index in [0.717, 1.165) is 36.1 Å². The predicted molar refractivity (Wildman–Crippen MR) is 120 cm³/mol. The number of rotatable bonds is 7. The van der Waals surface area contributed by atoms with Gasteiger partial charge in [-0.15, -0.1) is 0 Å². The molecular formula is C20H22N4O6S2. The van der Waals surface area contributed by atoms with Gasteiger partial charge in [0.15, 0.2) is 20.9 Å². The lowest BCUT2D eigenvalue weighted by Crippen LogP contribution is -2.12. The van der Waals surface area contributed by atoms with Crippen molar-refractivity contribution in [1.82, 2.24) is 9.97 Å². The third kappa shape index (κ3) is 4.96. The van der Waals surface area contributed by atoms with E-state index in [2.05, 4.69) is 15.3 Å². The highest BCUT2D eigenvalue weighted by Gasteiger charge is 2.22. The van der Waals surface area contributed by atoms with E-state index >= 15 is 0 Å². The molecule has 2 aromatic heterocycles. The number of hydrogen-bond acceptors (Lipinski definition) is 10. The van der Waals surface area contributed by atoms with E-state index in [1.165, 1.54) is 32.1 Å².